The van der Waals surface area contributed by atoms with Gasteiger partial charge in [0.15, 0.2) is 5.78 Å². The Morgan fingerprint density at radius 2 is 1.83 bits per heavy atom. The number of Topliss-reactive ketones (excluding diaryl/α,β-unsaturated/α-hetero) is 1. The molecular formula is C22H21BrINO4. The second-order valence-corrected chi connectivity index (χ2v) is 9.13. The summed E-state index contributed by atoms with van der Waals surface area (Å²) in [5.74, 6) is -0.183. The monoisotopic (exact) mass is 569 g/mol. The van der Waals surface area contributed by atoms with Crippen molar-refractivity contribution in [2.75, 3.05) is 6.61 Å². The molecule has 0 bridgehead atoms. The SMILES string of the molecule is O=C(CCCCC(=O)N1C(=O)OCC1Cc1ccccc1)c1cc(Br)cc(I)c1. The fourth-order valence-electron chi connectivity index (χ4n) is 3.34. The maximum Gasteiger partial charge on any atom is 0.416 e. The van der Waals surface area contributed by atoms with Gasteiger partial charge < -0.3 is 4.74 Å². The van der Waals surface area contributed by atoms with Gasteiger partial charge in [-0.15, -0.1) is 0 Å². The number of halogens is 2. The van der Waals surface area contributed by atoms with Crippen LogP contribution in [0.2, 0.25) is 0 Å². The molecule has 0 spiro atoms. The van der Waals surface area contributed by atoms with E-state index in [-0.39, 0.29) is 30.8 Å². The molecule has 2 amide bonds. The minimum atomic E-state index is -0.573. The number of hydrogen-bond acceptors (Lipinski definition) is 4. The first-order chi connectivity index (χ1) is 13.9. The van der Waals surface area contributed by atoms with Crippen molar-refractivity contribution in [3.8, 4) is 0 Å². The quantitative estimate of drug-likeness (QED) is 0.243. The van der Waals surface area contributed by atoms with E-state index in [0.717, 1.165) is 13.6 Å². The molecule has 5 nitrogen and oxygen atoms in total. The highest BCUT2D eigenvalue weighted by molar-refractivity contribution is 14.1. The molecule has 1 heterocycles. The van der Waals surface area contributed by atoms with Crippen LogP contribution in [0.1, 0.15) is 41.6 Å². The zero-order valence-electron chi connectivity index (χ0n) is 15.8. The summed E-state index contributed by atoms with van der Waals surface area (Å²) in [6, 6.07) is 15.1. The molecule has 2 aromatic rings. The summed E-state index contributed by atoms with van der Waals surface area (Å²) in [4.78, 5) is 38.2. The number of cyclic esters (lactones) is 1. The maximum atomic E-state index is 12.6. The van der Waals surface area contributed by atoms with Crippen LogP contribution in [0.3, 0.4) is 0 Å². The zero-order chi connectivity index (χ0) is 20.8. The second kappa shape index (κ2) is 10.3. The minimum absolute atomic E-state index is 0.0548. The fourth-order valence-corrected chi connectivity index (χ4v) is 4.94. The van der Waals surface area contributed by atoms with Gasteiger partial charge in [0.25, 0.3) is 0 Å². The Kier molecular flexibility index (Phi) is 7.83. The van der Waals surface area contributed by atoms with Crippen LogP contribution < -0.4 is 0 Å². The van der Waals surface area contributed by atoms with Gasteiger partial charge in [-0.05, 0) is 65.6 Å². The molecule has 1 atom stereocenters. The third-order valence-corrected chi connectivity index (χ3v) is 5.85. The number of unbranched alkanes of at least 4 members (excludes halogenated alkanes) is 1. The van der Waals surface area contributed by atoms with E-state index in [1.165, 1.54) is 4.90 Å². The number of benzene rings is 2. The third kappa shape index (κ3) is 6.12. The Morgan fingerprint density at radius 1 is 1.10 bits per heavy atom. The summed E-state index contributed by atoms with van der Waals surface area (Å²) >= 11 is 5.58. The molecule has 1 unspecified atom stereocenters. The molecule has 1 saturated heterocycles. The van der Waals surface area contributed by atoms with Gasteiger partial charge >= 0.3 is 6.09 Å². The van der Waals surface area contributed by atoms with Crippen molar-refractivity contribution in [3.63, 3.8) is 0 Å². The van der Waals surface area contributed by atoms with Crippen LogP contribution in [0, 0.1) is 3.57 Å². The molecule has 29 heavy (non-hydrogen) atoms. The summed E-state index contributed by atoms with van der Waals surface area (Å²) in [6.45, 7) is 0.222. The molecule has 1 aliphatic heterocycles. The number of carbonyl (C=O) groups excluding carboxylic acids is 3. The van der Waals surface area contributed by atoms with Crippen molar-refractivity contribution in [1.82, 2.24) is 4.90 Å². The molecule has 2 aromatic carbocycles. The van der Waals surface area contributed by atoms with Crippen LogP contribution in [-0.2, 0) is 16.0 Å². The lowest BCUT2D eigenvalue weighted by Crippen LogP contribution is -2.40. The summed E-state index contributed by atoms with van der Waals surface area (Å²) in [7, 11) is 0. The number of ether oxygens (including phenoxy) is 1. The van der Waals surface area contributed by atoms with Crippen molar-refractivity contribution in [2.45, 2.75) is 38.1 Å². The van der Waals surface area contributed by atoms with Gasteiger partial charge in [0.1, 0.15) is 6.61 Å². The molecule has 7 heteroatoms. The van der Waals surface area contributed by atoms with Gasteiger partial charge in [-0.2, -0.15) is 0 Å². The number of ketones is 1. The number of imide groups is 1. The third-order valence-electron chi connectivity index (χ3n) is 4.77. The standard InChI is InChI=1S/C22H21BrINO4/c23-17-11-16(12-18(24)13-17)20(26)8-4-5-9-21(27)25-19(14-29-22(25)28)10-15-6-2-1-3-7-15/h1-3,6-7,11-13,19H,4-5,8-10,14H2. The molecule has 1 aliphatic rings. The van der Waals surface area contributed by atoms with E-state index >= 15 is 0 Å². The summed E-state index contributed by atoms with van der Waals surface area (Å²) < 4.78 is 6.97. The van der Waals surface area contributed by atoms with Crippen molar-refractivity contribution < 1.29 is 19.1 Å². The lowest BCUT2D eigenvalue weighted by Gasteiger charge is -2.19. The van der Waals surface area contributed by atoms with Crippen molar-refractivity contribution in [1.29, 1.82) is 0 Å². The lowest BCUT2D eigenvalue weighted by molar-refractivity contribution is -0.129. The minimum Gasteiger partial charge on any atom is -0.447 e. The molecule has 152 valence electrons. The number of hydrogen-bond donors (Lipinski definition) is 0. The van der Waals surface area contributed by atoms with Crippen molar-refractivity contribution in [2.24, 2.45) is 0 Å². The predicted molar refractivity (Wildman–Crippen MR) is 122 cm³/mol. The predicted octanol–water partition coefficient (Wildman–Crippen LogP) is 5.39. The lowest BCUT2D eigenvalue weighted by atomic mass is 10.0. The maximum absolute atomic E-state index is 12.6. The molecule has 0 radical (unpaired) electrons. The van der Waals surface area contributed by atoms with Gasteiger partial charge in [-0.1, -0.05) is 46.3 Å². The molecule has 0 N–H and O–H groups in total. The molecule has 1 fully saturated rings. The smallest absolute Gasteiger partial charge is 0.416 e. The van der Waals surface area contributed by atoms with E-state index in [0.29, 0.717) is 31.2 Å². The van der Waals surface area contributed by atoms with Crippen molar-refractivity contribution in [3.05, 3.63) is 67.7 Å². The first-order valence-electron chi connectivity index (χ1n) is 9.46. The topological polar surface area (TPSA) is 63.7 Å². The Labute approximate surface area is 192 Å². The van der Waals surface area contributed by atoms with Gasteiger partial charge in [0.05, 0.1) is 6.04 Å². The summed E-state index contributed by atoms with van der Waals surface area (Å²) in [6.07, 6.45) is 1.76. The number of carbonyl (C=O) groups is 3. The first-order valence-corrected chi connectivity index (χ1v) is 11.3. The molecule has 0 aromatic heterocycles. The van der Waals surface area contributed by atoms with Gasteiger partial charge in [0, 0.05) is 26.4 Å². The second-order valence-electron chi connectivity index (χ2n) is 6.97. The van der Waals surface area contributed by atoms with Crippen LogP contribution >= 0.6 is 38.5 Å². The van der Waals surface area contributed by atoms with Crippen LogP contribution in [0.25, 0.3) is 0 Å². The molecule has 0 saturated carbocycles. The van der Waals surface area contributed by atoms with E-state index in [1.807, 2.05) is 48.5 Å². The van der Waals surface area contributed by atoms with E-state index in [2.05, 4.69) is 38.5 Å². The zero-order valence-corrected chi connectivity index (χ0v) is 19.5. The van der Waals surface area contributed by atoms with E-state index in [1.54, 1.807) is 0 Å². The Bertz CT molecular complexity index is 883. The highest BCUT2D eigenvalue weighted by Crippen LogP contribution is 2.21. The van der Waals surface area contributed by atoms with Crippen LogP contribution in [0.4, 0.5) is 4.79 Å². The highest BCUT2D eigenvalue weighted by atomic mass is 127. The normalized spacial score (nSPS) is 16.0. The number of nitrogens with zero attached hydrogens (tertiary/aromatic N) is 1. The van der Waals surface area contributed by atoms with Crippen LogP contribution in [-0.4, -0.2) is 35.3 Å². The Hall–Kier alpha value is -1.74. The van der Waals surface area contributed by atoms with E-state index in [4.69, 9.17) is 4.74 Å². The average molecular weight is 570 g/mol. The molecule has 0 aliphatic carbocycles. The first kappa shape index (κ1) is 22.0. The van der Waals surface area contributed by atoms with Gasteiger partial charge in [-0.3, -0.25) is 9.59 Å². The van der Waals surface area contributed by atoms with E-state index < -0.39 is 6.09 Å². The summed E-state index contributed by atoms with van der Waals surface area (Å²) in [5.41, 5.74) is 1.73. The van der Waals surface area contributed by atoms with Gasteiger partial charge in [-0.25, -0.2) is 9.69 Å². The largest absolute Gasteiger partial charge is 0.447 e. The molecule has 3 rings (SSSR count). The van der Waals surface area contributed by atoms with Crippen molar-refractivity contribution >= 4 is 56.3 Å². The van der Waals surface area contributed by atoms with E-state index in [9.17, 15) is 14.4 Å². The Balaban J connectivity index is 1.49. The average Bonchev–Trinajstić information content (AvgIpc) is 3.05. The van der Waals surface area contributed by atoms with Gasteiger partial charge in [0.2, 0.25) is 5.91 Å². The Morgan fingerprint density at radius 3 is 2.55 bits per heavy atom. The molecular weight excluding hydrogens is 549 g/mol. The number of rotatable bonds is 8. The van der Waals surface area contributed by atoms with Crippen LogP contribution in [0.15, 0.2) is 53.0 Å². The highest BCUT2D eigenvalue weighted by Gasteiger charge is 2.37. The number of amides is 2. The fraction of sp³-hybridized carbons (Fsp3) is 0.318. The van der Waals surface area contributed by atoms with Crippen LogP contribution in [0.5, 0.6) is 0 Å². The summed E-state index contributed by atoms with van der Waals surface area (Å²) in [5, 5.41) is 0.